The number of hydrogen-bond donors (Lipinski definition) is 1. The van der Waals surface area contributed by atoms with Crippen LogP contribution in [-0.2, 0) is 6.42 Å². The minimum absolute atomic E-state index is 0.0406. The van der Waals surface area contributed by atoms with E-state index < -0.39 is 11.8 Å². The fourth-order valence-electron chi connectivity index (χ4n) is 3.47. The summed E-state index contributed by atoms with van der Waals surface area (Å²) >= 11 is 0. The number of nitrogens with zero attached hydrogens (tertiary/aromatic N) is 1. The first-order valence-electron chi connectivity index (χ1n) is 9.70. The predicted octanol–water partition coefficient (Wildman–Crippen LogP) is 6.46. The minimum Gasteiger partial charge on any atom is -0.478 e. The molecule has 0 saturated heterocycles. The number of carboxylic acids is 1. The zero-order valence-corrected chi connectivity index (χ0v) is 16.3. The van der Waals surface area contributed by atoms with Gasteiger partial charge < -0.3 is 5.11 Å². The molecule has 3 nitrogen and oxygen atoms in total. The van der Waals surface area contributed by atoms with Crippen molar-refractivity contribution in [1.82, 2.24) is 0 Å². The lowest BCUT2D eigenvalue weighted by Crippen LogP contribution is -2.01. The van der Waals surface area contributed by atoms with Gasteiger partial charge in [-0.2, -0.15) is 5.26 Å². The van der Waals surface area contributed by atoms with Crippen molar-refractivity contribution in [2.75, 3.05) is 0 Å². The maximum Gasteiger partial charge on any atom is 0.336 e. The van der Waals surface area contributed by atoms with Crippen LogP contribution >= 0.6 is 0 Å². The first kappa shape index (κ1) is 20.3. The number of aryl methyl sites for hydroxylation is 1. The van der Waals surface area contributed by atoms with E-state index in [-0.39, 0.29) is 11.1 Å². The molecule has 0 unspecified atom stereocenters. The van der Waals surface area contributed by atoms with Gasteiger partial charge in [-0.1, -0.05) is 62.2 Å². The molecule has 4 heteroatoms. The second-order valence-corrected chi connectivity index (χ2v) is 6.99. The third-order valence-electron chi connectivity index (χ3n) is 5.01. The van der Waals surface area contributed by atoms with E-state index in [0.717, 1.165) is 24.8 Å². The SMILES string of the molecule is CCCCCc1ccc(-c2c(C(=O)O)cccc2-c2ccc(C#N)c(F)c2)cc1. The summed E-state index contributed by atoms with van der Waals surface area (Å²) < 4.78 is 14.2. The Kier molecular flexibility index (Phi) is 6.41. The number of unbranched alkanes of at least 4 members (excludes halogenated alkanes) is 2. The van der Waals surface area contributed by atoms with E-state index in [1.54, 1.807) is 24.3 Å². The molecular weight excluding hydrogens is 365 g/mol. The molecule has 0 atom stereocenters. The highest BCUT2D eigenvalue weighted by molar-refractivity contribution is 6.01. The standard InChI is InChI=1S/C25H22FNO2/c1-2-3-4-6-17-9-11-18(12-10-17)24-21(7-5-8-22(24)25(28)29)19-13-14-20(16-27)23(26)15-19/h5,7-15H,2-4,6H2,1H3,(H,28,29). The van der Waals surface area contributed by atoms with E-state index in [1.807, 2.05) is 30.3 Å². The first-order chi connectivity index (χ1) is 14.0. The minimum atomic E-state index is -1.04. The number of rotatable bonds is 7. The van der Waals surface area contributed by atoms with Gasteiger partial charge in [0.25, 0.3) is 0 Å². The number of carbonyl (C=O) groups is 1. The summed E-state index contributed by atoms with van der Waals surface area (Å²) in [6.07, 6.45) is 4.45. The Bertz CT molecular complexity index is 1070. The van der Waals surface area contributed by atoms with Crippen molar-refractivity contribution in [1.29, 1.82) is 5.26 Å². The van der Waals surface area contributed by atoms with Gasteiger partial charge in [0.1, 0.15) is 11.9 Å². The van der Waals surface area contributed by atoms with Crippen molar-refractivity contribution in [2.45, 2.75) is 32.6 Å². The Hall–Kier alpha value is -3.45. The normalized spacial score (nSPS) is 10.5. The average molecular weight is 387 g/mol. The topological polar surface area (TPSA) is 61.1 Å². The van der Waals surface area contributed by atoms with Crippen molar-refractivity contribution in [3.8, 4) is 28.3 Å². The average Bonchev–Trinajstić information content (AvgIpc) is 2.74. The third-order valence-corrected chi connectivity index (χ3v) is 5.01. The van der Waals surface area contributed by atoms with Gasteiger partial charge in [-0.25, -0.2) is 9.18 Å². The number of aromatic carboxylic acids is 1. The highest BCUT2D eigenvalue weighted by Gasteiger charge is 2.18. The Morgan fingerprint density at radius 3 is 2.38 bits per heavy atom. The van der Waals surface area contributed by atoms with Gasteiger partial charge in [0.05, 0.1) is 11.1 Å². The van der Waals surface area contributed by atoms with E-state index in [1.165, 1.54) is 24.1 Å². The van der Waals surface area contributed by atoms with Crippen LogP contribution < -0.4 is 0 Å². The van der Waals surface area contributed by atoms with Crippen molar-refractivity contribution in [2.24, 2.45) is 0 Å². The Morgan fingerprint density at radius 1 is 1.03 bits per heavy atom. The molecule has 0 heterocycles. The van der Waals surface area contributed by atoms with Crippen LogP contribution in [0.15, 0.2) is 60.7 Å². The number of benzene rings is 3. The second kappa shape index (κ2) is 9.16. The Labute approximate surface area is 170 Å². The summed E-state index contributed by atoms with van der Waals surface area (Å²) in [7, 11) is 0. The van der Waals surface area contributed by atoms with Crippen molar-refractivity contribution >= 4 is 5.97 Å². The smallest absolute Gasteiger partial charge is 0.336 e. The van der Waals surface area contributed by atoms with Crippen LogP contribution in [0.3, 0.4) is 0 Å². The van der Waals surface area contributed by atoms with Crippen LogP contribution in [0.2, 0.25) is 0 Å². The molecule has 0 amide bonds. The lowest BCUT2D eigenvalue weighted by molar-refractivity contribution is 0.0697. The maximum atomic E-state index is 14.2. The number of hydrogen-bond acceptors (Lipinski definition) is 2. The van der Waals surface area contributed by atoms with E-state index in [0.29, 0.717) is 16.7 Å². The zero-order chi connectivity index (χ0) is 20.8. The van der Waals surface area contributed by atoms with Gasteiger partial charge in [0.15, 0.2) is 0 Å². The van der Waals surface area contributed by atoms with E-state index in [9.17, 15) is 14.3 Å². The van der Waals surface area contributed by atoms with Crippen LogP contribution in [0.1, 0.15) is 47.7 Å². The summed E-state index contributed by atoms with van der Waals surface area (Å²) in [5.41, 5.74) is 3.79. The predicted molar refractivity (Wildman–Crippen MR) is 112 cm³/mol. The lowest BCUT2D eigenvalue weighted by Gasteiger charge is -2.14. The fourth-order valence-corrected chi connectivity index (χ4v) is 3.47. The fraction of sp³-hybridized carbons (Fsp3) is 0.200. The first-order valence-corrected chi connectivity index (χ1v) is 9.70. The molecule has 3 aromatic rings. The molecular formula is C25H22FNO2. The molecule has 3 aromatic carbocycles. The molecule has 0 saturated carbocycles. The van der Waals surface area contributed by atoms with Gasteiger partial charge in [0.2, 0.25) is 0 Å². The van der Waals surface area contributed by atoms with Crippen molar-refractivity contribution < 1.29 is 14.3 Å². The van der Waals surface area contributed by atoms with Crippen LogP contribution in [-0.4, -0.2) is 11.1 Å². The number of halogens is 1. The van der Waals surface area contributed by atoms with Crippen molar-refractivity contribution in [3.63, 3.8) is 0 Å². The molecule has 0 fully saturated rings. The summed E-state index contributed by atoms with van der Waals surface area (Å²) in [6, 6.07) is 19.0. The van der Waals surface area contributed by atoms with Gasteiger partial charge >= 0.3 is 5.97 Å². The summed E-state index contributed by atoms with van der Waals surface area (Å²) in [6.45, 7) is 2.17. The molecule has 0 aliphatic rings. The second-order valence-electron chi connectivity index (χ2n) is 6.99. The molecule has 0 aliphatic heterocycles. The molecule has 0 bridgehead atoms. The van der Waals surface area contributed by atoms with Gasteiger partial charge in [-0.3, -0.25) is 0 Å². The van der Waals surface area contributed by atoms with Crippen molar-refractivity contribution in [3.05, 3.63) is 83.2 Å². The highest BCUT2D eigenvalue weighted by Crippen LogP contribution is 2.36. The monoisotopic (exact) mass is 387 g/mol. The Morgan fingerprint density at radius 2 is 1.76 bits per heavy atom. The van der Waals surface area contributed by atoms with Gasteiger partial charge in [-0.15, -0.1) is 0 Å². The number of carboxylic acid groups (broad SMARTS) is 1. The molecule has 146 valence electrons. The zero-order valence-electron chi connectivity index (χ0n) is 16.3. The van der Waals surface area contributed by atoms with Crippen LogP contribution in [0.5, 0.6) is 0 Å². The van der Waals surface area contributed by atoms with E-state index in [2.05, 4.69) is 6.92 Å². The summed E-state index contributed by atoms with van der Waals surface area (Å²) in [4.78, 5) is 11.9. The quantitative estimate of drug-likeness (QED) is 0.473. The molecule has 29 heavy (non-hydrogen) atoms. The summed E-state index contributed by atoms with van der Waals surface area (Å²) in [5.74, 6) is -1.66. The van der Waals surface area contributed by atoms with E-state index in [4.69, 9.17) is 5.26 Å². The lowest BCUT2D eigenvalue weighted by atomic mass is 9.89. The molecule has 3 rings (SSSR count). The molecule has 0 aromatic heterocycles. The molecule has 0 aliphatic carbocycles. The largest absolute Gasteiger partial charge is 0.478 e. The Balaban J connectivity index is 2.09. The van der Waals surface area contributed by atoms with Crippen LogP contribution in [0, 0.1) is 17.1 Å². The molecule has 0 spiro atoms. The van der Waals surface area contributed by atoms with Gasteiger partial charge in [0, 0.05) is 5.56 Å². The summed E-state index contributed by atoms with van der Waals surface area (Å²) in [5, 5.41) is 18.7. The molecule has 0 radical (unpaired) electrons. The van der Waals surface area contributed by atoms with Crippen LogP contribution in [0.25, 0.3) is 22.3 Å². The van der Waals surface area contributed by atoms with E-state index >= 15 is 0 Å². The highest BCUT2D eigenvalue weighted by atomic mass is 19.1. The third kappa shape index (κ3) is 4.52. The maximum absolute atomic E-state index is 14.2. The molecule has 1 N–H and O–H groups in total. The van der Waals surface area contributed by atoms with Crippen LogP contribution in [0.4, 0.5) is 4.39 Å². The van der Waals surface area contributed by atoms with Gasteiger partial charge in [-0.05, 0) is 53.3 Å². The number of nitriles is 1.